The van der Waals surface area contributed by atoms with Gasteiger partial charge in [-0.2, -0.15) is 0 Å². The molecule has 0 bridgehead atoms. The first-order valence-electron chi connectivity index (χ1n) is 15.0. The van der Waals surface area contributed by atoms with Crippen LogP contribution in [0.4, 0.5) is 5.69 Å². The van der Waals surface area contributed by atoms with Crippen molar-refractivity contribution in [2.45, 2.75) is 51.6 Å². The van der Waals surface area contributed by atoms with Crippen LogP contribution in [0.25, 0.3) is 0 Å². The lowest BCUT2D eigenvalue weighted by atomic mass is 10.0. The molecule has 4 rings (SSSR count). The highest BCUT2D eigenvalue weighted by Crippen LogP contribution is 2.31. The zero-order valence-electron chi connectivity index (χ0n) is 26.1. The number of nitrogens with zero attached hydrogens (tertiary/aromatic N) is 2. The van der Waals surface area contributed by atoms with E-state index in [2.05, 4.69) is 5.32 Å². The monoisotopic (exact) mass is 645 g/mol. The Morgan fingerprint density at radius 1 is 0.800 bits per heavy atom. The van der Waals surface area contributed by atoms with E-state index in [1.165, 1.54) is 17.0 Å². The molecule has 0 aliphatic heterocycles. The normalized spacial score (nSPS) is 12.0. The summed E-state index contributed by atoms with van der Waals surface area (Å²) in [7, 11) is -4.21. The summed E-state index contributed by atoms with van der Waals surface area (Å²) < 4.78 is 29.6. The first-order valence-corrected chi connectivity index (χ1v) is 16.8. The van der Waals surface area contributed by atoms with E-state index in [0.717, 1.165) is 21.0 Å². The summed E-state index contributed by atoms with van der Waals surface area (Å²) in [6.07, 6.45) is 0.254. The third-order valence-electron chi connectivity index (χ3n) is 7.55. The van der Waals surface area contributed by atoms with Crippen molar-refractivity contribution < 1.29 is 18.0 Å². The Bertz CT molecular complexity index is 1700. The predicted octanol–water partition coefficient (Wildman–Crippen LogP) is 6.56. The molecule has 45 heavy (non-hydrogen) atoms. The number of hydrogen-bond acceptors (Lipinski definition) is 4. The van der Waals surface area contributed by atoms with Crippen LogP contribution < -0.4 is 9.62 Å². The van der Waals surface area contributed by atoms with Crippen molar-refractivity contribution in [3.8, 4) is 0 Å². The van der Waals surface area contributed by atoms with E-state index >= 15 is 0 Å². The molecule has 1 atom stereocenters. The van der Waals surface area contributed by atoms with E-state index in [-0.39, 0.29) is 29.7 Å². The minimum absolute atomic E-state index is 0.0467. The average molecular weight is 646 g/mol. The van der Waals surface area contributed by atoms with Crippen molar-refractivity contribution in [1.82, 2.24) is 10.2 Å². The van der Waals surface area contributed by atoms with Gasteiger partial charge >= 0.3 is 0 Å². The van der Waals surface area contributed by atoms with Gasteiger partial charge in [0.1, 0.15) is 12.6 Å². The summed E-state index contributed by atoms with van der Waals surface area (Å²) in [5.74, 6) is -0.621. The summed E-state index contributed by atoms with van der Waals surface area (Å²) in [6, 6.07) is 29.4. The van der Waals surface area contributed by atoms with Crippen LogP contribution in [-0.2, 0) is 32.6 Å². The van der Waals surface area contributed by atoms with Gasteiger partial charge in [0.2, 0.25) is 11.8 Å². The third kappa shape index (κ3) is 8.74. The molecule has 0 unspecified atom stereocenters. The number of sulfonamides is 1. The number of halogens is 1. The molecule has 2 amide bonds. The molecule has 7 nitrogen and oxygen atoms in total. The van der Waals surface area contributed by atoms with Crippen LogP contribution in [0.5, 0.6) is 0 Å². The van der Waals surface area contributed by atoms with Crippen LogP contribution in [0.1, 0.15) is 36.1 Å². The maximum Gasteiger partial charge on any atom is 0.264 e. The van der Waals surface area contributed by atoms with Gasteiger partial charge < -0.3 is 10.2 Å². The lowest BCUT2D eigenvalue weighted by Gasteiger charge is -2.34. The molecule has 0 aliphatic carbocycles. The molecule has 0 spiro atoms. The SMILES string of the molecule is Cc1ccc(S(=O)(=O)N(CC(=O)N(Cc2ccccc2)[C@H](Cc2ccccc2)C(=O)NCC(C)C)c2cccc(Cl)c2C)cc1. The summed E-state index contributed by atoms with van der Waals surface area (Å²) in [5.41, 5.74) is 3.41. The smallest absolute Gasteiger partial charge is 0.264 e. The van der Waals surface area contributed by atoms with E-state index in [9.17, 15) is 18.0 Å². The number of anilines is 1. The summed E-state index contributed by atoms with van der Waals surface area (Å²) in [5, 5.41) is 3.38. The molecule has 0 saturated carbocycles. The van der Waals surface area contributed by atoms with E-state index in [4.69, 9.17) is 11.6 Å². The van der Waals surface area contributed by atoms with Gasteiger partial charge in [-0.3, -0.25) is 13.9 Å². The van der Waals surface area contributed by atoms with Gasteiger partial charge in [-0.25, -0.2) is 8.42 Å². The molecule has 0 aliphatic rings. The second-order valence-electron chi connectivity index (χ2n) is 11.6. The number of carbonyl (C=O) groups is 2. The number of benzene rings is 4. The number of rotatable bonds is 13. The van der Waals surface area contributed by atoms with E-state index in [1.54, 1.807) is 37.3 Å². The zero-order chi connectivity index (χ0) is 32.6. The molecule has 1 N–H and O–H groups in total. The maximum atomic E-state index is 14.5. The maximum absolute atomic E-state index is 14.5. The first-order chi connectivity index (χ1) is 21.5. The Morgan fingerprint density at radius 2 is 1.40 bits per heavy atom. The van der Waals surface area contributed by atoms with Gasteiger partial charge in [-0.05, 0) is 60.7 Å². The fraction of sp³-hybridized carbons (Fsp3) is 0.278. The summed E-state index contributed by atoms with van der Waals surface area (Å²) >= 11 is 6.45. The molecule has 0 aromatic heterocycles. The topological polar surface area (TPSA) is 86.8 Å². The fourth-order valence-electron chi connectivity index (χ4n) is 4.97. The number of amides is 2. The Labute approximate surface area is 271 Å². The molecule has 0 radical (unpaired) electrons. The average Bonchev–Trinajstić information content (AvgIpc) is 3.03. The largest absolute Gasteiger partial charge is 0.354 e. The molecular weight excluding hydrogens is 606 g/mol. The van der Waals surface area contributed by atoms with E-state index in [0.29, 0.717) is 22.8 Å². The van der Waals surface area contributed by atoms with Crippen LogP contribution in [0.15, 0.2) is 108 Å². The van der Waals surface area contributed by atoms with Crippen LogP contribution in [-0.4, -0.2) is 44.3 Å². The number of aryl methyl sites for hydroxylation is 1. The highest BCUT2D eigenvalue weighted by molar-refractivity contribution is 7.92. The first kappa shape index (κ1) is 33.7. The summed E-state index contributed by atoms with van der Waals surface area (Å²) in [6.45, 7) is 7.61. The minimum atomic E-state index is -4.21. The lowest BCUT2D eigenvalue weighted by Crippen LogP contribution is -2.53. The van der Waals surface area contributed by atoms with Crippen LogP contribution in [0, 0.1) is 19.8 Å². The van der Waals surface area contributed by atoms with Crippen LogP contribution in [0.3, 0.4) is 0 Å². The van der Waals surface area contributed by atoms with Gasteiger partial charge in [0, 0.05) is 24.5 Å². The molecule has 9 heteroatoms. The Balaban J connectivity index is 1.81. The van der Waals surface area contributed by atoms with Gasteiger partial charge in [0.05, 0.1) is 10.6 Å². The Hall–Kier alpha value is -4.14. The van der Waals surface area contributed by atoms with Crippen molar-refractivity contribution in [2.24, 2.45) is 5.92 Å². The van der Waals surface area contributed by atoms with Gasteiger partial charge in [-0.1, -0.05) is 110 Å². The fourth-order valence-corrected chi connectivity index (χ4v) is 6.61. The van der Waals surface area contributed by atoms with Gasteiger partial charge in [-0.15, -0.1) is 0 Å². The minimum Gasteiger partial charge on any atom is -0.354 e. The lowest BCUT2D eigenvalue weighted by molar-refractivity contribution is -0.140. The quantitative estimate of drug-likeness (QED) is 0.178. The van der Waals surface area contributed by atoms with E-state index < -0.39 is 28.5 Å². The van der Waals surface area contributed by atoms with Crippen molar-refractivity contribution in [2.75, 3.05) is 17.4 Å². The van der Waals surface area contributed by atoms with Crippen molar-refractivity contribution in [3.63, 3.8) is 0 Å². The number of hydrogen-bond donors (Lipinski definition) is 1. The second kappa shape index (κ2) is 15.2. The molecule has 4 aromatic rings. The van der Waals surface area contributed by atoms with Crippen LogP contribution >= 0.6 is 11.6 Å². The Morgan fingerprint density at radius 3 is 2.00 bits per heavy atom. The Kier molecular flexibility index (Phi) is 11.4. The third-order valence-corrected chi connectivity index (χ3v) is 9.73. The molecule has 4 aromatic carbocycles. The van der Waals surface area contributed by atoms with Crippen molar-refractivity contribution >= 4 is 39.1 Å². The molecule has 0 saturated heterocycles. The van der Waals surface area contributed by atoms with Gasteiger partial charge in [0.15, 0.2) is 0 Å². The van der Waals surface area contributed by atoms with E-state index in [1.807, 2.05) is 81.4 Å². The highest BCUT2D eigenvalue weighted by atomic mass is 35.5. The number of carbonyl (C=O) groups excluding carboxylic acids is 2. The standard InChI is InChI=1S/C36H40ClN3O4S/c1-26(2)23-38-36(42)34(22-29-12-7-5-8-13-29)39(24-30-14-9-6-10-15-30)35(41)25-40(33-17-11-16-32(37)28(33)4)45(43,44)31-20-18-27(3)19-21-31/h5-21,26,34H,22-25H2,1-4H3,(H,38,42)/t34-/m1/s1. The predicted molar refractivity (Wildman–Crippen MR) is 181 cm³/mol. The van der Waals surface area contributed by atoms with Crippen LogP contribution in [0.2, 0.25) is 5.02 Å². The summed E-state index contributed by atoms with van der Waals surface area (Å²) in [4.78, 5) is 29.9. The second-order valence-corrected chi connectivity index (χ2v) is 13.8. The highest BCUT2D eigenvalue weighted by Gasteiger charge is 2.35. The molecular formula is C36H40ClN3O4S. The zero-order valence-corrected chi connectivity index (χ0v) is 27.7. The molecule has 0 heterocycles. The van der Waals surface area contributed by atoms with Crippen molar-refractivity contribution in [1.29, 1.82) is 0 Å². The molecule has 0 fully saturated rings. The van der Waals surface area contributed by atoms with Gasteiger partial charge in [0.25, 0.3) is 10.0 Å². The van der Waals surface area contributed by atoms with Crippen molar-refractivity contribution in [3.05, 3.63) is 130 Å². The molecule has 236 valence electrons. The number of nitrogens with one attached hydrogen (secondary N) is 1.